The molecule has 2 rings (SSSR count). The second kappa shape index (κ2) is 7.73. The lowest BCUT2D eigenvalue weighted by molar-refractivity contribution is 0.142. The molecule has 0 saturated heterocycles. The maximum absolute atomic E-state index is 6.48. The van der Waals surface area contributed by atoms with Gasteiger partial charge in [-0.05, 0) is 37.1 Å². The van der Waals surface area contributed by atoms with Crippen LogP contribution in [0.1, 0.15) is 18.1 Å². The van der Waals surface area contributed by atoms with E-state index in [4.69, 9.17) is 30.5 Å². The first kappa shape index (κ1) is 18.4. The molecule has 6 heteroatoms. The summed E-state index contributed by atoms with van der Waals surface area (Å²) in [5.41, 5.74) is 3.46. The van der Waals surface area contributed by atoms with Gasteiger partial charge in [0, 0.05) is 24.5 Å². The zero-order valence-electron chi connectivity index (χ0n) is 14.8. The van der Waals surface area contributed by atoms with Gasteiger partial charge in [-0.1, -0.05) is 11.6 Å². The lowest BCUT2D eigenvalue weighted by Crippen LogP contribution is -2.16. The average molecular weight is 352 g/mol. The van der Waals surface area contributed by atoms with Gasteiger partial charge in [0.25, 0.3) is 0 Å². The van der Waals surface area contributed by atoms with Gasteiger partial charge in [-0.15, -0.1) is 0 Å². The van der Waals surface area contributed by atoms with Crippen molar-refractivity contribution in [2.75, 3.05) is 28.4 Å². The van der Waals surface area contributed by atoms with E-state index in [0.717, 1.165) is 22.3 Å². The van der Waals surface area contributed by atoms with Crippen LogP contribution in [0.5, 0.6) is 17.2 Å². The van der Waals surface area contributed by atoms with E-state index < -0.39 is 6.23 Å². The van der Waals surface area contributed by atoms with E-state index in [1.165, 1.54) is 0 Å². The Balaban J connectivity index is 2.70. The van der Waals surface area contributed by atoms with Crippen molar-refractivity contribution < 1.29 is 18.9 Å². The lowest BCUT2D eigenvalue weighted by Gasteiger charge is -2.22. The number of rotatable bonds is 5. The molecule has 0 amide bonds. The van der Waals surface area contributed by atoms with E-state index >= 15 is 0 Å². The molecular formula is C18H22ClNO4. The predicted molar refractivity (Wildman–Crippen MR) is 96.7 cm³/mol. The number of methoxy groups -OCH3 is 4. The van der Waals surface area contributed by atoms with E-state index in [-0.39, 0.29) is 0 Å². The van der Waals surface area contributed by atoms with Crippen LogP contribution in [0.3, 0.4) is 0 Å². The summed E-state index contributed by atoms with van der Waals surface area (Å²) in [4.78, 5) is 4.36. The number of halogens is 1. The fraction of sp³-hybridized carbons (Fsp3) is 0.389. The highest BCUT2D eigenvalue weighted by Crippen LogP contribution is 2.43. The van der Waals surface area contributed by atoms with Crippen LogP contribution < -0.4 is 14.2 Å². The van der Waals surface area contributed by atoms with Crippen LogP contribution in [0, 0.1) is 6.92 Å². The molecule has 0 bridgehead atoms. The van der Waals surface area contributed by atoms with Gasteiger partial charge in [0.2, 0.25) is 5.75 Å². The third kappa shape index (κ3) is 3.28. The van der Waals surface area contributed by atoms with Gasteiger partial charge in [0.1, 0.15) is 0 Å². The minimum Gasteiger partial charge on any atom is -0.493 e. The molecule has 1 aromatic carbocycles. The summed E-state index contributed by atoms with van der Waals surface area (Å²) >= 11 is 6.48. The van der Waals surface area contributed by atoms with Gasteiger partial charge in [-0.25, -0.2) is 0 Å². The number of allylic oxidation sites excluding steroid dienone is 1. The molecule has 1 aliphatic rings. The fourth-order valence-electron chi connectivity index (χ4n) is 2.61. The second-order valence-electron chi connectivity index (χ2n) is 5.34. The van der Waals surface area contributed by atoms with E-state index in [2.05, 4.69) is 4.99 Å². The Kier molecular flexibility index (Phi) is 5.91. The van der Waals surface area contributed by atoms with Crippen LogP contribution >= 0.6 is 11.6 Å². The highest BCUT2D eigenvalue weighted by atomic mass is 35.5. The molecule has 0 N–H and O–H groups in total. The van der Waals surface area contributed by atoms with E-state index in [9.17, 15) is 0 Å². The molecule has 0 radical (unpaired) electrons. The number of dihydropyridines is 1. The van der Waals surface area contributed by atoms with Crippen molar-refractivity contribution in [1.82, 2.24) is 0 Å². The Morgan fingerprint density at radius 2 is 1.71 bits per heavy atom. The smallest absolute Gasteiger partial charge is 0.203 e. The molecule has 1 heterocycles. The number of ether oxygens (including phenoxy) is 4. The topological polar surface area (TPSA) is 49.3 Å². The highest BCUT2D eigenvalue weighted by molar-refractivity contribution is 6.34. The molecule has 130 valence electrons. The molecule has 0 aromatic heterocycles. The molecule has 24 heavy (non-hydrogen) atoms. The fourth-order valence-corrected chi connectivity index (χ4v) is 2.81. The van der Waals surface area contributed by atoms with Gasteiger partial charge in [-0.3, -0.25) is 4.99 Å². The van der Waals surface area contributed by atoms with Crippen molar-refractivity contribution in [3.05, 3.63) is 33.4 Å². The minimum absolute atomic E-state index is 0.460. The third-order valence-electron chi connectivity index (χ3n) is 3.87. The maximum Gasteiger partial charge on any atom is 0.203 e. The number of hydrogen-bond donors (Lipinski definition) is 0. The Morgan fingerprint density at radius 1 is 1.04 bits per heavy atom. The summed E-state index contributed by atoms with van der Waals surface area (Å²) in [5, 5.41) is 0.619. The van der Waals surface area contributed by atoms with Crippen molar-refractivity contribution in [2.24, 2.45) is 4.99 Å². The lowest BCUT2D eigenvalue weighted by atomic mass is 10.00. The molecule has 1 unspecified atom stereocenters. The van der Waals surface area contributed by atoms with Crippen LogP contribution in [-0.2, 0) is 4.74 Å². The second-order valence-corrected chi connectivity index (χ2v) is 5.72. The van der Waals surface area contributed by atoms with E-state index in [1.54, 1.807) is 34.7 Å². The van der Waals surface area contributed by atoms with Gasteiger partial charge in [0.15, 0.2) is 17.7 Å². The third-order valence-corrected chi connectivity index (χ3v) is 4.38. The van der Waals surface area contributed by atoms with Gasteiger partial charge in [-0.2, -0.15) is 0 Å². The Bertz CT molecular complexity index is 722. The molecule has 1 aromatic rings. The summed E-state index contributed by atoms with van der Waals surface area (Å²) in [6, 6.07) is 1.89. The number of aryl methyl sites for hydroxylation is 1. The molecular weight excluding hydrogens is 330 g/mol. The Morgan fingerprint density at radius 3 is 2.25 bits per heavy atom. The predicted octanol–water partition coefficient (Wildman–Crippen LogP) is 3.97. The quantitative estimate of drug-likeness (QED) is 0.805. The van der Waals surface area contributed by atoms with Gasteiger partial charge in [0.05, 0.1) is 26.4 Å². The Hall–Kier alpha value is -1.98. The first-order valence-electron chi connectivity index (χ1n) is 7.42. The van der Waals surface area contributed by atoms with Crippen LogP contribution in [0.2, 0.25) is 0 Å². The molecule has 0 spiro atoms. The van der Waals surface area contributed by atoms with E-state index in [0.29, 0.717) is 22.3 Å². The highest BCUT2D eigenvalue weighted by Gasteiger charge is 2.24. The summed E-state index contributed by atoms with van der Waals surface area (Å²) in [6.45, 7) is 3.87. The van der Waals surface area contributed by atoms with Crippen LogP contribution in [0.25, 0.3) is 6.08 Å². The number of nitrogens with zero attached hydrogens (tertiary/aromatic N) is 1. The summed E-state index contributed by atoms with van der Waals surface area (Å²) in [6.07, 6.45) is 3.18. The summed E-state index contributed by atoms with van der Waals surface area (Å²) in [5.74, 6) is 1.72. The average Bonchev–Trinajstić information content (AvgIpc) is 2.59. The SMILES string of the molecule is COc1cc(C)c(C=C2C(Cl)=C(C)C=NC2OC)c(OC)c1OC. The summed E-state index contributed by atoms with van der Waals surface area (Å²) in [7, 11) is 6.36. The number of aliphatic imine (C=N–C) groups is 1. The van der Waals surface area contributed by atoms with Crippen molar-refractivity contribution in [3.63, 3.8) is 0 Å². The number of benzene rings is 1. The molecule has 0 saturated carbocycles. The summed E-state index contributed by atoms with van der Waals surface area (Å²) < 4.78 is 21.8. The standard InChI is InChI=1S/C18H22ClNO4/c1-10-7-14(21-3)17(23-5)16(22-4)12(10)8-13-15(19)11(2)9-20-18(13)24-6/h7-9,18H,1-6H3. The van der Waals surface area contributed by atoms with Crippen LogP contribution in [-0.4, -0.2) is 40.9 Å². The van der Waals surface area contributed by atoms with Crippen molar-refractivity contribution in [1.29, 1.82) is 0 Å². The van der Waals surface area contributed by atoms with Crippen molar-refractivity contribution >= 4 is 23.9 Å². The molecule has 1 atom stereocenters. The zero-order chi connectivity index (χ0) is 17.9. The number of hydrogen-bond acceptors (Lipinski definition) is 5. The molecule has 0 fully saturated rings. The molecule has 1 aliphatic heterocycles. The van der Waals surface area contributed by atoms with Gasteiger partial charge >= 0.3 is 0 Å². The van der Waals surface area contributed by atoms with Crippen molar-refractivity contribution in [2.45, 2.75) is 20.1 Å². The monoisotopic (exact) mass is 351 g/mol. The molecule has 5 nitrogen and oxygen atoms in total. The normalized spacial score (nSPS) is 19.0. The van der Waals surface area contributed by atoms with E-state index in [1.807, 2.05) is 26.0 Å². The zero-order valence-corrected chi connectivity index (χ0v) is 15.5. The first-order chi connectivity index (χ1) is 11.5. The van der Waals surface area contributed by atoms with Crippen LogP contribution in [0.4, 0.5) is 0 Å². The Labute approximate surface area is 147 Å². The minimum atomic E-state index is -0.460. The van der Waals surface area contributed by atoms with Crippen LogP contribution in [0.15, 0.2) is 27.2 Å². The first-order valence-corrected chi connectivity index (χ1v) is 7.80. The maximum atomic E-state index is 6.48. The van der Waals surface area contributed by atoms with Gasteiger partial charge < -0.3 is 18.9 Å². The largest absolute Gasteiger partial charge is 0.493 e. The molecule has 0 aliphatic carbocycles. The van der Waals surface area contributed by atoms with Crippen molar-refractivity contribution in [3.8, 4) is 17.2 Å².